The molecule has 2 nitrogen and oxygen atoms in total. The van der Waals surface area contributed by atoms with Crippen molar-refractivity contribution in [3.05, 3.63) is 34.3 Å². The number of hydrogen-bond acceptors (Lipinski definition) is 2. The van der Waals surface area contributed by atoms with Gasteiger partial charge in [-0.1, -0.05) is 17.7 Å². The third-order valence-electron chi connectivity index (χ3n) is 2.13. The second-order valence-electron chi connectivity index (χ2n) is 3.29. The Kier molecular flexibility index (Phi) is 4.18. The Morgan fingerprint density at radius 3 is 2.50 bits per heavy atom. The van der Waals surface area contributed by atoms with Gasteiger partial charge in [-0.3, -0.25) is 0 Å². The maximum Gasteiger partial charge on any atom is 0.416 e. The van der Waals surface area contributed by atoms with Crippen LogP contribution in [0.4, 0.5) is 13.2 Å². The van der Waals surface area contributed by atoms with Gasteiger partial charge in [0.05, 0.1) is 11.7 Å². The molecule has 1 aromatic carbocycles. The highest BCUT2D eigenvalue weighted by atomic mass is 35.5. The van der Waals surface area contributed by atoms with Gasteiger partial charge >= 0.3 is 6.18 Å². The molecular formula is C10H11ClF3NO. The van der Waals surface area contributed by atoms with E-state index in [0.29, 0.717) is 0 Å². The van der Waals surface area contributed by atoms with E-state index in [-0.39, 0.29) is 23.6 Å². The number of hydrogen-bond donors (Lipinski definition) is 2. The van der Waals surface area contributed by atoms with Gasteiger partial charge in [0.25, 0.3) is 0 Å². The number of rotatable bonds is 3. The first-order chi connectivity index (χ1) is 7.38. The molecule has 0 aliphatic rings. The number of nitrogens with two attached hydrogens (primary N) is 1. The third-order valence-corrected chi connectivity index (χ3v) is 2.46. The summed E-state index contributed by atoms with van der Waals surface area (Å²) in [5, 5.41) is 9.48. The minimum absolute atomic E-state index is 0.0345. The predicted molar refractivity (Wildman–Crippen MR) is 55.1 cm³/mol. The molecule has 0 bridgehead atoms. The minimum Gasteiger partial charge on any atom is -0.388 e. The van der Waals surface area contributed by atoms with E-state index >= 15 is 0 Å². The average Bonchev–Trinajstić information content (AvgIpc) is 2.16. The Labute approximate surface area is 95.8 Å². The van der Waals surface area contributed by atoms with Crippen molar-refractivity contribution >= 4 is 11.6 Å². The molecule has 0 fully saturated rings. The van der Waals surface area contributed by atoms with E-state index in [0.717, 1.165) is 6.07 Å². The van der Waals surface area contributed by atoms with Gasteiger partial charge in [-0.05, 0) is 25.1 Å². The molecule has 0 aliphatic heterocycles. The topological polar surface area (TPSA) is 46.2 Å². The quantitative estimate of drug-likeness (QED) is 0.870. The molecule has 16 heavy (non-hydrogen) atoms. The molecule has 1 aromatic rings. The lowest BCUT2D eigenvalue weighted by Crippen LogP contribution is -2.15. The lowest BCUT2D eigenvalue weighted by atomic mass is 10.00. The number of aliphatic hydroxyl groups excluding tert-OH is 1. The van der Waals surface area contributed by atoms with Gasteiger partial charge in [0, 0.05) is 10.6 Å². The molecule has 0 saturated carbocycles. The van der Waals surface area contributed by atoms with Crippen molar-refractivity contribution in [2.45, 2.75) is 18.7 Å². The fourth-order valence-electron chi connectivity index (χ4n) is 1.43. The summed E-state index contributed by atoms with van der Waals surface area (Å²) in [6, 6.07) is 3.40. The van der Waals surface area contributed by atoms with E-state index in [1.165, 1.54) is 12.1 Å². The summed E-state index contributed by atoms with van der Waals surface area (Å²) >= 11 is 5.67. The molecule has 1 atom stereocenters. The van der Waals surface area contributed by atoms with Crippen LogP contribution in [0, 0.1) is 0 Å². The monoisotopic (exact) mass is 253 g/mol. The SMILES string of the molecule is NCCC(O)c1c(Cl)cccc1C(F)(F)F. The Balaban J connectivity index is 3.24. The summed E-state index contributed by atoms with van der Waals surface area (Å²) in [5.74, 6) is 0. The van der Waals surface area contributed by atoms with Crippen molar-refractivity contribution in [3.8, 4) is 0 Å². The fraction of sp³-hybridized carbons (Fsp3) is 0.400. The van der Waals surface area contributed by atoms with Crippen LogP contribution in [0.2, 0.25) is 5.02 Å². The molecule has 3 N–H and O–H groups in total. The molecule has 0 spiro atoms. The second kappa shape index (κ2) is 5.03. The van der Waals surface area contributed by atoms with Crippen molar-refractivity contribution in [2.75, 3.05) is 6.54 Å². The molecular weight excluding hydrogens is 243 g/mol. The summed E-state index contributed by atoms with van der Waals surface area (Å²) in [6.07, 6.45) is -5.79. The normalized spacial score (nSPS) is 13.9. The minimum atomic E-state index is -4.53. The van der Waals surface area contributed by atoms with E-state index in [9.17, 15) is 18.3 Å². The standard InChI is InChI=1S/C10H11ClF3NO/c11-7-3-1-2-6(10(12,13)14)9(7)8(16)4-5-15/h1-3,8,16H,4-5,15H2. The largest absolute Gasteiger partial charge is 0.416 e. The number of aliphatic hydroxyl groups is 1. The van der Waals surface area contributed by atoms with Crippen molar-refractivity contribution in [2.24, 2.45) is 5.73 Å². The van der Waals surface area contributed by atoms with Gasteiger partial charge in [-0.2, -0.15) is 13.2 Å². The fourth-order valence-corrected chi connectivity index (χ4v) is 1.73. The molecule has 1 rings (SSSR count). The highest BCUT2D eigenvalue weighted by Crippen LogP contribution is 2.38. The smallest absolute Gasteiger partial charge is 0.388 e. The number of halogens is 4. The molecule has 0 radical (unpaired) electrons. The van der Waals surface area contributed by atoms with Crippen molar-refractivity contribution < 1.29 is 18.3 Å². The maximum atomic E-state index is 12.6. The number of alkyl halides is 3. The summed E-state index contributed by atoms with van der Waals surface area (Å²) in [6.45, 7) is 0.0870. The highest BCUT2D eigenvalue weighted by Gasteiger charge is 2.35. The van der Waals surface area contributed by atoms with E-state index in [4.69, 9.17) is 17.3 Å². The molecule has 1 unspecified atom stereocenters. The van der Waals surface area contributed by atoms with Gasteiger partial charge in [-0.25, -0.2) is 0 Å². The zero-order chi connectivity index (χ0) is 12.3. The maximum absolute atomic E-state index is 12.6. The van der Waals surface area contributed by atoms with Crippen LogP contribution in [0.5, 0.6) is 0 Å². The summed E-state index contributed by atoms with van der Waals surface area (Å²) < 4.78 is 37.9. The first kappa shape index (κ1) is 13.3. The first-order valence-corrected chi connectivity index (χ1v) is 4.99. The Bertz CT molecular complexity index is 368. The highest BCUT2D eigenvalue weighted by molar-refractivity contribution is 6.31. The molecule has 0 aliphatic carbocycles. The summed E-state index contributed by atoms with van der Waals surface area (Å²) in [7, 11) is 0. The van der Waals surface area contributed by atoms with Gasteiger partial charge in [0.1, 0.15) is 0 Å². The molecule has 0 heterocycles. The lowest BCUT2D eigenvalue weighted by molar-refractivity contribution is -0.139. The van der Waals surface area contributed by atoms with Crippen LogP contribution in [-0.4, -0.2) is 11.7 Å². The van der Waals surface area contributed by atoms with Crippen molar-refractivity contribution in [1.82, 2.24) is 0 Å². The Morgan fingerprint density at radius 2 is 2.00 bits per heavy atom. The van der Waals surface area contributed by atoms with E-state index in [2.05, 4.69) is 0 Å². The number of benzene rings is 1. The van der Waals surface area contributed by atoms with Crippen molar-refractivity contribution in [1.29, 1.82) is 0 Å². The lowest BCUT2D eigenvalue weighted by Gasteiger charge is -2.18. The Morgan fingerprint density at radius 1 is 1.38 bits per heavy atom. The molecule has 0 amide bonds. The van der Waals surface area contributed by atoms with Crippen LogP contribution < -0.4 is 5.73 Å². The van der Waals surface area contributed by atoms with Crippen molar-refractivity contribution in [3.63, 3.8) is 0 Å². The summed E-state index contributed by atoms with van der Waals surface area (Å²) in [4.78, 5) is 0. The van der Waals surface area contributed by atoms with E-state index in [1.807, 2.05) is 0 Å². The van der Waals surface area contributed by atoms with Gasteiger partial charge in [0.2, 0.25) is 0 Å². The molecule has 0 aromatic heterocycles. The molecule has 90 valence electrons. The zero-order valence-electron chi connectivity index (χ0n) is 8.26. The Hall–Kier alpha value is -0.780. The van der Waals surface area contributed by atoms with Crippen LogP contribution in [0.15, 0.2) is 18.2 Å². The third kappa shape index (κ3) is 2.87. The predicted octanol–water partition coefficient (Wildman–Crippen LogP) is 2.74. The van der Waals surface area contributed by atoms with Crippen LogP contribution in [0.3, 0.4) is 0 Å². The average molecular weight is 254 g/mol. The molecule has 6 heteroatoms. The van der Waals surface area contributed by atoms with Gasteiger partial charge in [-0.15, -0.1) is 0 Å². The van der Waals surface area contributed by atoms with Crippen LogP contribution >= 0.6 is 11.6 Å². The van der Waals surface area contributed by atoms with Crippen LogP contribution in [0.25, 0.3) is 0 Å². The zero-order valence-corrected chi connectivity index (χ0v) is 9.02. The van der Waals surface area contributed by atoms with Crippen LogP contribution in [-0.2, 0) is 6.18 Å². The van der Waals surface area contributed by atoms with E-state index in [1.54, 1.807) is 0 Å². The van der Waals surface area contributed by atoms with Gasteiger partial charge in [0.15, 0.2) is 0 Å². The van der Waals surface area contributed by atoms with Gasteiger partial charge < -0.3 is 10.8 Å². The first-order valence-electron chi connectivity index (χ1n) is 4.61. The molecule has 0 saturated heterocycles. The summed E-state index contributed by atoms with van der Waals surface area (Å²) in [5.41, 5.74) is 3.97. The van der Waals surface area contributed by atoms with E-state index < -0.39 is 17.8 Å². The second-order valence-corrected chi connectivity index (χ2v) is 3.70. The van der Waals surface area contributed by atoms with Crippen LogP contribution in [0.1, 0.15) is 23.7 Å².